The highest BCUT2D eigenvalue weighted by atomic mass is 16.3. The summed E-state index contributed by atoms with van der Waals surface area (Å²) in [7, 11) is 0. The van der Waals surface area contributed by atoms with Crippen LogP contribution in [0.2, 0.25) is 0 Å². The van der Waals surface area contributed by atoms with E-state index in [9.17, 15) is 19.5 Å². The van der Waals surface area contributed by atoms with Crippen LogP contribution in [0.15, 0.2) is 46.3 Å². The molecule has 0 spiro atoms. The molecule has 0 aromatic carbocycles. The Hall–Kier alpha value is -2.54. The van der Waals surface area contributed by atoms with Crippen molar-refractivity contribution in [3.8, 4) is 0 Å². The van der Waals surface area contributed by atoms with Gasteiger partial charge in [0.2, 0.25) is 5.91 Å². The van der Waals surface area contributed by atoms with Gasteiger partial charge in [0.15, 0.2) is 0 Å². The fourth-order valence-electron chi connectivity index (χ4n) is 1.83. The number of amides is 2. The highest BCUT2D eigenvalue weighted by molar-refractivity contribution is 6.05. The molecule has 7 nitrogen and oxygen atoms in total. The molecule has 0 radical (unpaired) electrons. The van der Waals surface area contributed by atoms with Crippen molar-refractivity contribution in [3.63, 3.8) is 0 Å². The van der Waals surface area contributed by atoms with E-state index in [0.29, 0.717) is 0 Å². The van der Waals surface area contributed by atoms with Crippen molar-refractivity contribution in [1.82, 2.24) is 9.88 Å². The van der Waals surface area contributed by atoms with Crippen LogP contribution in [0.25, 0.3) is 0 Å². The maximum absolute atomic E-state index is 11.8. The summed E-state index contributed by atoms with van der Waals surface area (Å²) in [5.41, 5.74) is -0.219. The van der Waals surface area contributed by atoms with Gasteiger partial charge in [-0.25, -0.2) is 4.99 Å². The summed E-state index contributed by atoms with van der Waals surface area (Å²) >= 11 is 0. The number of aliphatic hydroxyl groups is 1. The normalized spacial score (nSPS) is 18.5. The van der Waals surface area contributed by atoms with Crippen molar-refractivity contribution in [3.05, 3.63) is 46.9 Å². The minimum Gasteiger partial charge on any atom is -0.389 e. The molecule has 2 heterocycles. The van der Waals surface area contributed by atoms with Crippen molar-refractivity contribution in [1.29, 1.82) is 0 Å². The van der Waals surface area contributed by atoms with E-state index in [0.717, 1.165) is 0 Å². The smallest absolute Gasteiger partial charge is 0.269 e. The lowest BCUT2D eigenvalue weighted by molar-refractivity contribution is -0.122. The van der Waals surface area contributed by atoms with E-state index >= 15 is 0 Å². The van der Waals surface area contributed by atoms with Crippen LogP contribution in [0.1, 0.15) is 0 Å². The number of aliphatic hydroxyl groups excluding tert-OH is 1. The zero-order chi connectivity index (χ0) is 15.2. The summed E-state index contributed by atoms with van der Waals surface area (Å²) in [4.78, 5) is 37.6. The molecule has 110 valence electrons. The number of aromatic nitrogens is 1. The topological polar surface area (TPSA) is 101 Å². The predicted molar refractivity (Wildman–Crippen MR) is 75.8 cm³/mol. The molecule has 0 saturated heterocycles. The molecule has 2 amide bonds. The Bertz CT molecular complexity index is 632. The fraction of sp³-hybridized carbons (Fsp3) is 0.286. The average Bonchev–Trinajstić information content (AvgIpc) is 2.48. The fourth-order valence-corrected chi connectivity index (χ4v) is 1.83. The maximum atomic E-state index is 11.8. The highest BCUT2D eigenvalue weighted by Crippen LogP contribution is 2.02. The Morgan fingerprint density at radius 3 is 2.90 bits per heavy atom. The van der Waals surface area contributed by atoms with Gasteiger partial charge in [-0.1, -0.05) is 12.1 Å². The molecule has 0 bridgehead atoms. The average molecular weight is 289 g/mol. The molecule has 1 aliphatic rings. The number of nitrogens with zero attached hydrogens (tertiary/aromatic N) is 2. The van der Waals surface area contributed by atoms with Crippen LogP contribution in [-0.2, 0) is 16.1 Å². The quantitative estimate of drug-likeness (QED) is 0.734. The number of aliphatic imine (C=N–C) groups is 1. The van der Waals surface area contributed by atoms with E-state index < -0.39 is 17.9 Å². The van der Waals surface area contributed by atoms with Crippen LogP contribution in [0.4, 0.5) is 0 Å². The largest absolute Gasteiger partial charge is 0.389 e. The van der Waals surface area contributed by atoms with Gasteiger partial charge in [0, 0.05) is 31.1 Å². The van der Waals surface area contributed by atoms with E-state index in [4.69, 9.17) is 0 Å². The molecule has 1 aromatic rings. The van der Waals surface area contributed by atoms with Crippen LogP contribution >= 0.6 is 0 Å². The Labute approximate surface area is 120 Å². The summed E-state index contributed by atoms with van der Waals surface area (Å²) in [5, 5.41) is 12.4. The highest BCUT2D eigenvalue weighted by Gasteiger charge is 2.17. The maximum Gasteiger partial charge on any atom is 0.269 e. The summed E-state index contributed by atoms with van der Waals surface area (Å²) in [6, 6.07) is 4.70. The molecule has 1 aromatic heterocycles. The summed E-state index contributed by atoms with van der Waals surface area (Å²) in [5.74, 6) is -1.38. The Morgan fingerprint density at radius 2 is 2.24 bits per heavy atom. The molecule has 2 atom stereocenters. The van der Waals surface area contributed by atoms with Crippen molar-refractivity contribution < 1.29 is 14.7 Å². The first-order valence-electron chi connectivity index (χ1n) is 6.44. The number of carbonyl (C=O) groups is 2. The van der Waals surface area contributed by atoms with Gasteiger partial charge < -0.3 is 15.0 Å². The van der Waals surface area contributed by atoms with E-state index in [2.05, 4.69) is 10.3 Å². The van der Waals surface area contributed by atoms with Crippen LogP contribution in [-0.4, -0.2) is 40.4 Å². The third-order valence-corrected chi connectivity index (χ3v) is 2.93. The number of hydrogen-bond donors (Lipinski definition) is 2. The second-order valence-electron chi connectivity index (χ2n) is 4.59. The van der Waals surface area contributed by atoms with Crippen LogP contribution < -0.4 is 10.9 Å². The summed E-state index contributed by atoms with van der Waals surface area (Å²) < 4.78 is 1.36. The van der Waals surface area contributed by atoms with Crippen LogP contribution in [0.5, 0.6) is 0 Å². The first-order valence-corrected chi connectivity index (χ1v) is 6.44. The van der Waals surface area contributed by atoms with Crippen molar-refractivity contribution >= 4 is 18.0 Å². The first-order chi connectivity index (χ1) is 10.1. The molecule has 1 aliphatic heterocycles. The molecule has 2 N–H and O–H groups in total. The van der Waals surface area contributed by atoms with Crippen molar-refractivity contribution in [2.24, 2.45) is 10.9 Å². The van der Waals surface area contributed by atoms with Gasteiger partial charge in [-0.05, 0) is 6.07 Å². The number of carbonyl (C=O) groups excluding carboxylic acids is 2. The lowest BCUT2D eigenvalue weighted by Crippen LogP contribution is -2.39. The van der Waals surface area contributed by atoms with E-state index in [-0.39, 0.29) is 24.6 Å². The zero-order valence-electron chi connectivity index (χ0n) is 11.2. The van der Waals surface area contributed by atoms with Gasteiger partial charge in [0.25, 0.3) is 11.5 Å². The molecular weight excluding hydrogens is 274 g/mol. The Morgan fingerprint density at radius 1 is 1.43 bits per heavy atom. The predicted octanol–water partition coefficient (Wildman–Crippen LogP) is -0.891. The first kappa shape index (κ1) is 14.9. The lowest BCUT2D eigenvalue weighted by atomic mass is 10.1. The minimum absolute atomic E-state index is 0.00624. The monoisotopic (exact) mass is 289 g/mol. The summed E-state index contributed by atoms with van der Waals surface area (Å²) in [6.07, 6.45) is 4.60. The van der Waals surface area contributed by atoms with Gasteiger partial charge >= 0.3 is 0 Å². The van der Waals surface area contributed by atoms with E-state index in [1.807, 2.05) is 0 Å². The molecule has 2 unspecified atom stereocenters. The second-order valence-corrected chi connectivity index (χ2v) is 4.59. The number of hydrogen-bond acceptors (Lipinski definition) is 4. The third kappa shape index (κ3) is 4.22. The standard InChI is InChI=1S/C14H15N3O4/c18-11(9-17-6-2-1-3-13(17)20)8-16-14(21)10-4-5-12(19)15-7-10/h1-7,10-11,18H,8-9H2,(H,16,21). The van der Waals surface area contributed by atoms with Crippen LogP contribution in [0, 0.1) is 5.92 Å². The SMILES string of the molecule is O=C1C=CC(C(=O)NCC(O)Cn2ccccc2=O)C=N1. The van der Waals surface area contributed by atoms with Crippen LogP contribution in [0.3, 0.4) is 0 Å². The number of pyridine rings is 1. The third-order valence-electron chi connectivity index (χ3n) is 2.93. The zero-order valence-corrected chi connectivity index (χ0v) is 11.2. The molecule has 2 rings (SSSR count). The Balaban J connectivity index is 1.83. The molecule has 0 fully saturated rings. The number of dihydropyridines is 1. The number of rotatable bonds is 5. The lowest BCUT2D eigenvalue weighted by Gasteiger charge is -2.15. The minimum atomic E-state index is -0.889. The molecule has 0 aliphatic carbocycles. The van der Waals surface area contributed by atoms with Crippen molar-refractivity contribution in [2.45, 2.75) is 12.6 Å². The second kappa shape index (κ2) is 6.76. The van der Waals surface area contributed by atoms with Gasteiger partial charge in [-0.15, -0.1) is 0 Å². The van der Waals surface area contributed by atoms with E-state index in [1.54, 1.807) is 18.3 Å². The molecule has 7 heteroatoms. The van der Waals surface area contributed by atoms with Gasteiger partial charge in [-0.2, -0.15) is 0 Å². The molecular formula is C14H15N3O4. The van der Waals surface area contributed by atoms with Gasteiger partial charge in [0.05, 0.1) is 18.6 Å². The number of nitrogens with one attached hydrogen (secondary N) is 1. The Kier molecular flexibility index (Phi) is 4.78. The molecule has 0 saturated carbocycles. The molecule has 21 heavy (non-hydrogen) atoms. The van der Waals surface area contributed by atoms with E-state index in [1.165, 1.54) is 29.0 Å². The van der Waals surface area contributed by atoms with Crippen molar-refractivity contribution in [2.75, 3.05) is 6.54 Å². The van der Waals surface area contributed by atoms with Gasteiger partial charge in [0.1, 0.15) is 0 Å². The van der Waals surface area contributed by atoms with Gasteiger partial charge in [-0.3, -0.25) is 14.4 Å². The summed E-state index contributed by atoms with van der Waals surface area (Å²) in [6.45, 7) is 0.0966.